The summed E-state index contributed by atoms with van der Waals surface area (Å²) in [4.78, 5) is 0. The maximum atomic E-state index is 9.08. The molecule has 1 aromatic carbocycles. The first kappa shape index (κ1) is 11.6. The van der Waals surface area contributed by atoms with Crippen molar-refractivity contribution in [2.24, 2.45) is 0 Å². The van der Waals surface area contributed by atoms with Gasteiger partial charge in [0.2, 0.25) is 0 Å². The summed E-state index contributed by atoms with van der Waals surface area (Å²) in [5.41, 5.74) is 1.82. The number of aliphatic hydroxyl groups is 1. The zero-order valence-corrected chi connectivity index (χ0v) is 9.22. The number of hydrogen-bond acceptors (Lipinski definition) is 1. The summed E-state index contributed by atoms with van der Waals surface area (Å²) in [7, 11) is 0. The Balaban J connectivity index is 2.85. The maximum absolute atomic E-state index is 9.08. The largest absolute Gasteiger partial charge is 0.392 e. The summed E-state index contributed by atoms with van der Waals surface area (Å²) in [6.07, 6.45) is 4.76. The quantitative estimate of drug-likeness (QED) is 0.786. The number of hydrogen-bond donors (Lipinski definition) is 1. The zero-order valence-electron chi connectivity index (χ0n) is 7.71. The summed E-state index contributed by atoms with van der Waals surface area (Å²) in [5, 5.41) is 9.72. The molecule has 0 atom stereocenters. The van der Waals surface area contributed by atoms with Gasteiger partial charge in [0.1, 0.15) is 0 Å². The Kier molecular flexibility index (Phi) is 5.02. The van der Waals surface area contributed by atoms with Gasteiger partial charge in [-0.1, -0.05) is 29.8 Å². The standard InChI is InChI=1S/C11H12Cl2O/c12-6-2-1-3-9-4-5-11(13)7-10(9)8-14/h1,3-5,7,14H,2,6,8H2. The Morgan fingerprint density at radius 1 is 1.36 bits per heavy atom. The molecule has 0 heterocycles. The van der Waals surface area contributed by atoms with Crippen molar-refractivity contribution in [2.75, 3.05) is 5.88 Å². The van der Waals surface area contributed by atoms with Gasteiger partial charge >= 0.3 is 0 Å². The van der Waals surface area contributed by atoms with Gasteiger partial charge in [-0.2, -0.15) is 0 Å². The van der Waals surface area contributed by atoms with Gasteiger partial charge in [0.15, 0.2) is 0 Å². The second-order valence-corrected chi connectivity index (χ2v) is 3.70. The van der Waals surface area contributed by atoms with E-state index >= 15 is 0 Å². The van der Waals surface area contributed by atoms with Gasteiger partial charge in [-0.3, -0.25) is 0 Å². The molecule has 0 amide bonds. The molecule has 1 aromatic rings. The van der Waals surface area contributed by atoms with Crippen LogP contribution in [0.1, 0.15) is 17.5 Å². The summed E-state index contributed by atoms with van der Waals surface area (Å²) >= 11 is 11.3. The van der Waals surface area contributed by atoms with Crippen LogP contribution >= 0.6 is 23.2 Å². The predicted molar refractivity (Wildman–Crippen MR) is 61.7 cm³/mol. The summed E-state index contributed by atoms with van der Waals surface area (Å²) in [5.74, 6) is 0.610. The summed E-state index contributed by atoms with van der Waals surface area (Å²) < 4.78 is 0. The van der Waals surface area contributed by atoms with Crippen molar-refractivity contribution in [1.82, 2.24) is 0 Å². The lowest BCUT2D eigenvalue weighted by Gasteiger charge is -2.02. The van der Waals surface area contributed by atoms with Crippen LogP contribution in [0.5, 0.6) is 0 Å². The van der Waals surface area contributed by atoms with Gasteiger partial charge in [-0.05, 0) is 29.7 Å². The molecule has 0 aliphatic heterocycles. The highest BCUT2D eigenvalue weighted by Gasteiger charge is 1.98. The Morgan fingerprint density at radius 2 is 2.14 bits per heavy atom. The molecule has 0 aliphatic rings. The van der Waals surface area contributed by atoms with E-state index in [0.717, 1.165) is 17.5 Å². The van der Waals surface area contributed by atoms with E-state index in [2.05, 4.69) is 0 Å². The molecular formula is C11H12Cl2O. The van der Waals surface area contributed by atoms with Crippen LogP contribution in [0.3, 0.4) is 0 Å². The highest BCUT2D eigenvalue weighted by molar-refractivity contribution is 6.30. The van der Waals surface area contributed by atoms with Crippen LogP contribution in [-0.4, -0.2) is 11.0 Å². The van der Waals surface area contributed by atoms with Crippen LogP contribution in [0.4, 0.5) is 0 Å². The number of halogens is 2. The third kappa shape index (κ3) is 3.33. The van der Waals surface area contributed by atoms with Gasteiger partial charge in [0.25, 0.3) is 0 Å². The molecule has 0 aliphatic carbocycles. The minimum absolute atomic E-state index is 0.00110. The van der Waals surface area contributed by atoms with Gasteiger partial charge in [-0.15, -0.1) is 11.6 Å². The second-order valence-electron chi connectivity index (χ2n) is 2.88. The first-order chi connectivity index (χ1) is 6.77. The van der Waals surface area contributed by atoms with Gasteiger partial charge in [0, 0.05) is 10.9 Å². The monoisotopic (exact) mass is 230 g/mol. The van der Waals surface area contributed by atoms with E-state index in [4.69, 9.17) is 28.3 Å². The average Bonchev–Trinajstić information content (AvgIpc) is 2.20. The Morgan fingerprint density at radius 3 is 2.79 bits per heavy atom. The molecule has 76 valence electrons. The number of rotatable bonds is 4. The lowest BCUT2D eigenvalue weighted by atomic mass is 10.1. The SMILES string of the molecule is OCc1cc(Cl)ccc1C=CCCCl. The predicted octanol–water partition coefficient (Wildman–Crippen LogP) is 3.47. The third-order valence-corrected chi connectivity index (χ3v) is 2.30. The first-order valence-corrected chi connectivity index (χ1v) is 5.31. The van der Waals surface area contributed by atoms with Crippen LogP contribution < -0.4 is 0 Å². The molecule has 0 spiro atoms. The fourth-order valence-electron chi connectivity index (χ4n) is 1.15. The molecule has 0 aromatic heterocycles. The number of alkyl halides is 1. The first-order valence-electron chi connectivity index (χ1n) is 4.39. The molecule has 1 rings (SSSR count). The van der Waals surface area contributed by atoms with Crippen molar-refractivity contribution in [1.29, 1.82) is 0 Å². The van der Waals surface area contributed by atoms with Crippen molar-refractivity contribution in [2.45, 2.75) is 13.0 Å². The third-order valence-electron chi connectivity index (χ3n) is 1.85. The van der Waals surface area contributed by atoms with E-state index in [1.54, 1.807) is 12.1 Å². The van der Waals surface area contributed by atoms with Gasteiger partial charge < -0.3 is 5.11 Å². The van der Waals surface area contributed by atoms with Crippen molar-refractivity contribution in [3.8, 4) is 0 Å². The van der Waals surface area contributed by atoms with Crippen LogP contribution in [-0.2, 0) is 6.61 Å². The minimum Gasteiger partial charge on any atom is -0.392 e. The zero-order chi connectivity index (χ0) is 10.4. The molecule has 0 fully saturated rings. The summed E-state index contributed by atoms with van der Waals surface area (Å²) in [6.45, 7) is 0.00110. The lowest BCUT2D eigenvalue weighted by molar-refractivity contribution is 0.281. The van der Waals surface area contributed by atoms with E-state index in [-0.39, 0.29) is 6.61 Å². The van der Waals surface area contributed by atoms with E-state index in [1.807, 2.05) is 18.2 Å². The molecule has 0 radical (unpaired) electrons. The van der Waals surface area contributed by atoms with Crippen molar-refractivity contribution < 1.29 is 5.11 Å². The van der Waals surface area contributed by atoms with Crippen molar-refractivity contribution >= 4 is 29.3 Å². The molecule has 0 bridgehead atoms. The van der Waals surface area contributed by atoms with Crippen molar-refractivity contribution in [3.05, 3.63) is 40.4 Å². The molecular weight excluding hydrogens is 219 g/mol. The highest BCUT2D eigenvalue weighted by Crippen LogP contribution is 2.17. The molecule has 0 saturated carbocycles. The molecule has 1 N–H and O–H groups in total. The highest BCUT2D eigenvalue weighted by atomic mass is 35.5. The van der Waals surface area contributed by atoms with Crippen LogP contribution in [0.15, 0.2) is 24.3 Å². The molecule has 14 heavy (non-hydrogen) atoms. The van der Waals surface area contributed by atoms with Crippen molar-refractivity contribution in [3.63, 3.8) is 0 Å². The molecule has 1 nitrogen and oxygen atoms in total. The fourth-order valence-corrected chi connectivity index (χ4v) is 1.47. The molecule has 0 unspecified atom stereocenters. The van der Waals surface area contributed by atoms with Crippen LogP contribution in [0.25, 0.3) is 6.08 Å². The van der Waals surface area contributed by atoms with E-state index in [0.29, 0.717) is 10.9 Å². The number of aliphatic hydroxyl groups excluding tert-OH is 1. The fraction of sp³-hybridized carbons (Fsp3) is 0.273. The molecule has 0 saturated heterocycles. The normalized spacial score (nSPS) is 11.1. The van der Waals surface area contributed by atoms with Crippen LogP contribution in [0.2, 0.25) is 5.02 Å². The number of allylic oxidation sites excluding steroid dienone is 1. The Bertz CT molecular complexity index is 321. The Labute approximate surface area is 94.0 Å². The average molecular weight is 231 g/mol. The lowest BCUT2D eigenvalue weighted by Crippen LogP contribution is -1.87. The topological polar surface area (TPSA) is 20.2 Å². The van der Waals surface area contributed by atoms with E-state index in [9.17, 15) is 0 Å². The number of benzene rings is 1. The maximum Gasteiger partial charge on any atom is 0.0688 e. The smallest absolute Gasteiger partial charge is 0.0688 e. The van der Waals surface area contributed by atoms with E-state index < -0.39 is 0 Å². The second kappa shape index (κ2) is 6.07. The minimum atomic E-state index is 0.00110. The van der Waals surface area contributed by atoms with E-state index in [1.165, 1.54) is 0 Å². The van der Waals surface area contributed by atoms with Gasteiger partial charge in [-0.25, -0.2) is 0 Å². The Hall–Kier alpha value is -0.500. The van der Waals surface area contributed by atoms with Crippen LogP contribution in [0, 0.1) is 0 Å². The molecule has 3 heteroatoms. The van der Waals surface area contributed by atoms with Gasteiger partial charge in [0.05, 0.1) is 6.61 Å². The summed E-state index contributed by atoms with van der Waals surface area (Å²) in [6, 6.07) is 5.46.